The maximum absolute atomic E-state index is 14.9. The summed E-state index contributed by atoms with van der Waals surface area (Å²) in [6, 6.07) is 7.88. The lowest BCUT2D eigenvalue weighted by Crippen LogP contribution is -2.50. The molecule has 4 unspecified atom stereocenters. The quantitative estimate of drug-likeness (QED) is 0.633. The number of carbonyl (C=O) groups excluding carboxylic acids is 2. The molecule has 4 rings (SSSR count). The highest BCUT2D eigenvalue weighted by molar-refractivity contribution is 5.74. The van der Waals surface area contributed by atoms with Crippen molar-refractivity contribution in [2.75, 3.05) is 19.6 Å². The molecule has 0 spiro atoms. The first-order chi connectivity index (χ1) is 15.0. The molecule has 1 amide bonds. The normalized spacial score (nSPS) is 29.3. The van der Waals surface area contributed by atoms with Crippen LogP contribution >= 0.6 is 0 Å². The van der Waals surface area contributed by atoms with Crippen molar-refractivity contribution in [2.24, 2.45) is 11.8 Å². The van der Waals surface area contributed by atoms with E-state index < -0.39 is 36.2 Å². The minimum Gasteiger partial charge on any atom is -0.461 e. The second-order valence-corrected chi connectivity index (χ2v) is 10.2. The van der Waals surface area contributed by atoms with E-state index in [-0.39, 0.29) is 24.4 Å². The lowest BCUT2D eigenvalue weighted by Gasteiger charge is -2.39. The van der Waals surface area contributed by atoms with E-state index in [4.69, 9.17) is 9.47 Å². The summed E-state index contributed by atoms with van der Waals surface area (Å²) in [5, 5.41) is 0. The van der Waals surface area contributed by atoms with Crippen LogP contribution < -0.4 is 0 Å². The molecule has 1 saturated carbocycles. The molecular weight excluding hydrogens is 418 g/mol. The number of ether oxygens (including phenoxy) is 2. The number of amides is 1. The summed E-state index contributed by atoms with van der Waals surface area (Å²) in [4.78, 5) is 28.0. The van der Waals surface area contributed by atoms with Crippen molar-refractivity contribution in [3.05, 3.63) is 35.9 Å². The van der Waals surface area contributed by atoms with Gasteiger partial charge in [0.1, 0.15) is 12.2 Å². The van der Waals surface area contributed by atoms with Gasteiger partial charge in [-0.15, -0.1) is 0 Å². The third kappa shape index (κ3) is 4.75. The van der Waals surface area contributed by atoms with E-state index in [2.05, 4.69) is 0 Å². The van der Waals surface area contributed by atoms with Gasteiger partial charge in [-0.05, 0) is 51.5 Å². The van der Waals surface area contributed by atoms with Crippen LogP contribution in [0.3, 0.4) is 0 Å². The van der Waals surface area contributed by atoms with Gasteiger partial charge in [0.2, 0.25) is 0 Å². The van der Waals surface area contributed by atoms with Gasteiger partial charge in [-0.3, -0.25) is 14.6 Å². The number of rotatable bonds is 5. The van der Waals surface area contributed by atoms with E-state index >= 15 is 0 Å². The average molecular weight is 451 g/mol. The van der Waals surface area contributed by atoms with Crippen molar-refractivity contribution >= 4 is 12.1 Å². The second-order valence-electron chi connectivity index (χ2n) is 10.2. The predicted molar refractivity (Wildman–Crippen MR) is 114 cm³/mol. The van der Waals surface area contributed by atoms with E-state index in [0.717, 1.165) is 18.4 Å². The fourth-order valence-corrected chi connectivity index (χ4v) is 5.11. The standard InChI is InChI=1S/C24H32F2N2O4/c1-23(2,3)32-22(30)28-15-24(25,26)20-19(28)11-12-27(20)13-17-9-10-18(17)21(29)31-14-16-7-5-4-6-8-16/h4-8,17-20H,9-15H2,1-3H3. The maximum atomic E-state index is 14.9. The topological polar surface area (TPSA) is 59.1 Å². The monoisotopic (exact) mass is 450 g/mol. The lowest BCUT2D eigenvalue weighted by molar-refractivity contribution is -0.157. The van der Waals surface area contributed by atoms with E-state index in [1.165, 1.54) is 4.90 Å². The Balaban J connectivity index is 1.35. The molecule has 2 aliphatic heterocycles. The number of nitrogens with zero attached hydrogens (tertiary/aromatic N) is 2. The van der Waals surface area contributed by atoms with Crippen LogP contribution in [0.4, 0.5) is 13.6 Å². The first kappa shape index (κ1) is 23.0. The third-order valence-corrected chi connectivity index (χ3v) is 6.73. The molecule has 0 N–H and O–H groups in total. The summed E-state index contributed by atoms with van der Waals surface area (Å²) in [5.41, 5.74) is 0.189. The van der Waals surface area contributed by atoms with Crippen molar-refractivity contribution in [3.8, 4) is 0 Å². The predicted octanol–water partition coefficient (Wildman–Crippen LogP) is 4.08. The van der Waals surface area contributed by atoms with E-state index in [1.807, 2.05) is 30.3 Å². The van der Waals surface area contributed by atoms with Crippen LogP contribution in [0.5, 0.6) is 0 Å². The average Bonchev–Trinajstić information content (AvgIpc) is 3.22. The molecule has 3 aliphatic rings. The molecule has 1 aliphatic carbocycles. The maximum Gasteiger partial charge on any atom is 0.410 e. The number of benzene rings is 1. The molecule has 0 bridgehead atoms. The molecule has 32 heavy (non-hydrogen) atoms. The van der Waals surface area contributed by atoms with Crippen LogP contribution in [0.25, 0.3) is 0 Å². The van der Waals surface area contributed by atoms with Crippen LogP contribution in [0.15, 0.2) is 30.3 Å². The van der Waals surface area contributed by atoms with E-state index in [1.54, 1.807) is 25.7 Å². The van der Waals surface area contributed by atoms with Crippen LogP contribution in [-0.2, 0) is 20.9 Å². The van der Waals surface area contributed by atoms with Crippen LogP contribution in [-0.4, -0.2) is 65.1 Å². The highest BCUT2D eigenvalue weighted by atomic mass is 19.3. The minimum atomic E-state index is -3.01. The number of fused-ring (bicyclic) bond motifs is 1. The Morgan fingerprint density at radius 3 is 2.47 bits per heavy atom. The molecule has 176 valence electrons. The number of carbonyl (C=O) groups is 2. The molecule has 0 radical (unpaired) electrons. The van der Waals surface area contributed by atoms with E-state index in [0.29, 0.717) is 19.5 Å². The lowest BCUT2D eigenvalue weighted by atomic mass is 9.73. The van der Waals surface area contributed by atoms with Crippen molar-refractivity contribution in [2.45, 2.75) is 70.2 Å². The fourth-order valence-electron chi connectivity index (χ4n) is 5.11. The molecule has 2 heterocycles. The van der Waals surface area contributed by atoms with Crippen molar-refractivity contribution in [3.63, 3.8) is 0 Å². The van der Waals surface area contributed by atoms with Gasteiger partial charge in [-0.25, -0.2) is 13.6 Å². The number of hydrogen-bond acceptors (Lipinski definition) is 5. The zero-order chi connectivity index (χ0) is 23.1. The highest BCUT2D eigenvalue weighted by Crippen LogP contribution is 2.44. The molecule has 6 nitrogen and oxygen atoms in total. The zero-order valence-corrected chi connectivity index (χ0v) is 18.9. The fraction of sp³-hybridized carbons (Fsp3) is 0.667. The number of esters is 1. The second kappa shape index (κ2) is 8.61. The molecule has 0 aromatic heterocycles. The SMILES string of the molecule is CC(C)(C)OC(=O)N1CC(F)(F)C2C1CCN2CC1CCC1C(=O)OCc1ccccc1. The van der Waals surface area contributed by atoms with Gasteiger partial charge in [0.25, 0.3) is 5.92 Å². The molecule has 1 aromatic rings. The first-order valence-corrected chi connectivity index (χ1v) is 11.4. The Morgan fingerprint density at radius 2 is 1.84 bits per heavy atom. The van der Waals surface area contributed by atoms with Gasteiger partial charge in [0.05, 0.1) is 24.5 Å². The van der Waals surface area contributed by atoms with Gasteiger partial charge < -0.3 is 9.47 Å². The van der Waals surface area contributed by atoms with Gasteiger partial charge >= 0.3 is 12.1 Å². The number of alkyl halides is 2. The van der Waals surface area contributed by atoms with Gasteiger partial charge in [0, 0.05) is 13.1 Å². The summed E-state index contributed by atoms with van der Waals surface area (Å²) < 4.78 is 40.7. The van der Waals surface area contributed by atoms with E-state index in [9.17, 15) is 18.4 Å². The molecule has 2 saturated heterocycles. The van der Waals surface area contributed by atoms with Crippen molar-refractivity contribution < 1.29 is 27.8 Å². The van der Waals surface area contributed by atoms with Crippen molar-refractivity contribution in [1.82, 2.24) is 9.80 Å². The Bertz CT molecular complexity index is 842. The smallest absolute Gasteiger partial charge is 0.410 e. The zero-order valence-electron chi connectivity index (χ0n) is 18.9. The summed E-state index contributed by atoms with van der Waals surface area (Å²) in [5.74, 6) is -3.52. The minimum absolute atomic E-state index is 0.00315. The largest absolute Gasteiger partial charge is 0.461 e. The first-order valence-electron chi connectivity index (χ1n) is 11.4. The van der Waals surface area contributed by atoms with Crippen LogP contribution in [0.1, 0.15) is 45.6 Å². The number of hydrogen-bond donors (Lipinski definition) is 0. The summed E-state index contributed by atoms with van der Waals surface area (Å²) in [6.07, 6.45) is 1.34. The number of halogens is 2. The highest BCUT2D eigenvalue weighted by Gasteiger charge is 2.61. The summed E-state index contributed by atoms with van der Waals surface area (Å²) in [6.45, 7) is 5.68. The van der Waals surface area contributed by atoms with Gasteiger partial charge in [-0.2, -0.15) is 0 Å². The number of likely N-dealkylation sites (tertiary alicyclic amines) is 2. The van der Waals surface area contributed by atoms with Crippen molar-refractivity contribution in [1.29, 1.82) is 0 Å². The van der Waals surface area contributed by atoms with Gasteiger partial charge in [0.15, 0.2) is 0 Å². The Kier molecular flexibility index (Phi) is 6.18. The summed E-state index contributed by atoms with van der Waals surface area (Å²) in [7, 11) is 0. The molecule has 8 heteroatoms. The molecule has 3 fully saturated rings. The molecular formula is C24H32F2N2O4. The molecule has 1 aromatic carbocycles. The van der Waals surface area contributed by atoms with Gasteiger partial charge in [-0.1, -0.05) is 30.3 Å². The van der Waals surface area contributed by atoms with Crippen LogP contribution in [0.2, 0.25) is 0 Å². The Hall–Kier alpha value is -2.22. The molecule has 4 atom stereocenters. The van der Waals surface area contributed by atoms with Crippen LogP contribution in [0, 0.1) is 11.8 Å². The summed E-state index contributed by atoms with van der Waals surface area (Å²) >= 11 is 0. The Labute approximate surface area is 187 Å². The Morgan fingerprint density at radius 1 is 1.12 bits per heavy atom. The third-order valence-electron chi connectivity index (χ3n) is 6.73.